The highest BCUT2D eigenvalue weighted by atomic mass is 19.1. The third kappa shape index (κ3) is 3.10. The molecule has 1 heterocycles. The van der Waals surface area contributed by atoms with Gasteiger partial charge in [-0.2, -0.15) is 0 Å². The fourth-order valence-electron chi connectivity index (χ4n) is 2.76. The number of hydrogen-bond donors (Lipinski definition) is 0. The van der Waals surface area contributed by atoms with E-state index in [-0.39, 0.29) is 17.4 Å². The van der Waals surface area contributed by atoms with Gasteiger partial charge in [-0.1, -0.05) is 0 Å². The Morgan fingerprint density at radius 3 is 2.41 bits per heavy atom. The highest BCUT2D eigenvalue weighted by molar-refractivity contribution is 5.94. The van der Waals surface area contributed by atoms with E-state index in [1.165, 1.54) is 4.90 Å². The van der Waals surface area contributed by atoms with Crippen LogP contribution in [0.4, 0.5) is 8.78 Å². The molecule has 6 heteroatoms. The van der Waals surface area contributed by atoms with Crippen molar-refractivity contribution in [3.05, 3.63) is 35.4 Å². The third-order valence-corrected chi connectivity index (χ3v) is 4.18. The molecular formula is C16H18F2N2O2. The van der Waals surface area contributed by atoms with Crippen LogP contribution in [-0.4, -0.2) is 47.8 Å². The highest BCUT2D eigenvalue weighted by Crippen LogP contribution is 2.31. The Kier molecular flexibility index (Phi) is 4.09. The van der Waals surface area contributed by atoms with Gasteiger partial charge in [0.25, 0.3) is 5.91 Å². The number of carbonyl (C=O) groups is 2. The van der Waals surface area contributed by atoms with Crippen LogP contribution in [0.25, 0.3) is 0 Å². The number of benzene rings is 1. The van der Waals surface area contributed by atoms with Crippen molar-refractivity contribution >= 4 is 11.8 Å². The maximum absolute atomic E-state index is 13.7. The standard InChI is InChI=1S/C16H18F2N2O2/c17-12-4-5-14(18)13(10-12)16(22)20-7-1-6-19(8-9-20)15(21)11-2-3-11/h4-5,10-11H,1-3,6-9H2. The van der Waals surface area contributed by atoms with E-state index in [4.69, 9.17) is 0 Å². The van der Waals surface area contributed by atoms with Gasteiger partial charge in [-0.25, -0.2) is 8.78 Å². The van der Waals surface area contributed by atoms with Crippen LogP contribution in [-0.2, 0) is 4.79 Å². The SMILES string of the molecule is O=C(c1cc(F)ccc1F)N1CCCN(C(=O)C2CC2)CC1. The number of halogens is 2. The Morgan fingerprint density at radius 2 is 1.68 bits per heavy atom. The van der Waals surface area contributed by atoms with Crippen LogP contribution in [0, 0.1) is 17.6 Å². The molecule has 0 unspecified atom stereocenters. The second-order valence-electron chi connectivity index (χ2n) is 5.87. The van der Waals surface area contributed by atoms with Crippen molar-refractivity contribution in [3.8, 4) is 0 Å². The monoisotopic (exact) mass is 308 g/mol. The van der Waals surface area contributed by atoms with E-state index in [1.54, 1.807) is 4.90 Å². The van der Waals surface area contributed by atoms with Gasteiger partial charge in [0.05, 0.1) is 5.56 Å². The van der Waals surface area contributed by atoms with Crippen molar-refractivity contribution in [1.82, 2.24) is 9.80 Å². The van der Waals surface area contributed by atoms with Gasteiger partial charge in [-0.05, 0) is 37.5 Å². The zero-order valence-corrected chi connectivity index (χ0v) is 12.2. The van der Waals surface area contributed by atoms with Gasteiger partial charge in [0, 0.05) is 32.1 Å². The molecule has 4 nitrogen and oxygen atoms in total. The normalized spacial score (nSPS) is 19.0. The van der Waals surface area contributed by atoms with Crippen LogP contribution < -0.4 is 0 Å². The van der Waals surface area contributed by atoms with Crippen LogP contribution >= 0.6 is 0 Å². The van der Waals surface area contributed by atoms with Crippen molar-refractivity contribution in [3.63, 3.8) is 0 Å². The molecule has 1 saturated carbocycles. The van der Waals surface area contributed by atoms with Gasteiger partial charge in [0.1, 0.15) is 11.6 Å². The van der Waals surface area contributed by atoms with Crippen molar-refractivity contribution in [2.75, 3.05) is 26.2 Å². The zero-order valence-electron chi connectivity index (χ0n) is 12.2. The first-order valence-electron chi connectivity index (χ1n) is 7.59. The summed E-state index contributed by atoms with van der Waals surface area (Å²) in [7, 11) is 0. The summed E-state index contributed by atoms with van der Waals surface area (Å²) in [5.41, 5.74) is -0.248. The Balaban J connectivity index is 1.68. The molecule has 0 bridgehead atoms. The summed E-state index contributed by atoms with van der Waals surface area (Å²) in [6.07, 6.45) is 2.56. The highest BCUT2D eigenvalue weighted by Gasteiger charge is 2.34. The average Bonchev–Trinajstić information content (AvgIpc) is 3.34. The van der Waals surface area contributed by atoms with Crippen LogP contribution in [0.15, 0.2) is 18.2 Å². The number of carbonyl (C=O) groups excluding carboxylic acids is 2. The molecule has 1 saturated heterocycles. The Labute approximate surface area is 127 Å². The summed E-state index contributed by atoms with van der Waals surface area (Å²) < 4.78 is 26.9. The molecule has 22 heavy (non-hydrogen) atoms. The second kappa shape index (κ2) is 6.02. The molecule has 2 aliphatic rings. The third-order valence-electron chi connectivity index (χ3n) is 4.18. The molecule has 118 valence electrons. The molecule has 1 aliphatic heterocycles. The molecule has 1 aliphatic carbocycles. The predicted octanol–water partition coefficient (Wildman–Crippen LogP) is 2.05. The van der Waals surface area contributed by atoms with Crippen LogP contribution in [0.5, 0.6) is 0 Å². The van der Waals surface area contributed by atoms with E-state index in [1.807, 2.05) is 0 Å². The van der Waals surface area contributed by atoms with Crippen LogP contribution in [0.1, 0.15) is 29.6 Å². The minimum Gasteiger partial charge on any atom is -0.341 e. The predicted molar refractivity (Wildman–Crippen MR) is 76.2 cm³/mol. The summed E-state index contributed by atoms with van der Waals surface area (Å²) in [5.74, 6) is -1.56. The second-order valence-corrected chi connectivity index (χ2v) is 5.87. The summed E-state index contributed by atoms with van der Waals surface area (Å²) in [6.45, 7) is 1.87. The lowest BCUT2D eigenvalue weighted by molar-refractivity contribution is -0.132. The summed E-state index contributed by atoms with van der Waals surface area (Å²) in [6, 6.07) is 2.88. The molecule has 1 aromatic carbocycles. The van der Waals surface area contributed by atoms with E-state index in [0.29, 0.717) is 32.6 Å². The molecule has 0 aromatic heterocycles. The maximum atomic E-state index is 13.7. The molecule has 0 radical (unpaired) electrons. The van der Waals surface area contributed by atoms with E-state index < -0.39 is 17.5 Å². The Bertz CT molecular complexity index is 602. The maximum Gasteiger partial charge on any atom is 0.256 e. The first kappa shape index (κ1) is 14.9. The molecule has 2 fully saturated rings. The first-order chi connectivity index (χ1) is 10.6. The van der Waals surface area contributed by atoms with E-state index >= 15 is 0 Å². The minimum absolute atomic E-state index is 0.155. The van der Waals surface area contributed by atoms with Crippen molar-refractivity contribution in [1.29, 1.82) is 0 Å². The number of nitrogens with zero attached hydrogens (tertiary/aromatic N) is 2. The summed E-state index contributed by atoms with van der Waals surface area (Å²) in [4.78, 5) is 27.7. The van der Waals surface area contributed by atoms with Crippen molar-refractivity contribution < 1.29 is 18.4 Å². The zero-order chi connectivity index (χ0) is 15.7. The fourth-order valence-corrected chi connectivity index (χ4v) is 2.76. The number of rotatable bonds is 2. The first-order valence-corrected chi connectivity index (χ1v) is 7.59. The van der Waals surface area contributed by atoms with E-state index in [0.717, 1.165) is 31.0 Å². The smallest absolute Gasteiger partial charge is 0.256 e. The molecular weight excluding hydrogens is 290 g/mol. The topological polar surface area (TPSA) is 40.6 Å². The Hall–Kier alpha value is -1.98. The molecule has 1 aromatic rings. The quantitative estimate of drug-likeness (QED) is 0.839. The van der Waals surface area contributed by atoms with Gasteiger partial charge in [0.2, 0.25) is 5.91 Å². The van der Waals surface area contributed by atoms with Gasteiger partial charge >= 0.3 is 0 Å². The van der Waals surface area contributed by atoms with Gasteiger partial charge in [0.15, 0.2) is 0 Å². The van der Waals surface area contributed by atoms with Gasteiger partial charge in [-0.3, -0.25) is 9.59 Å². The molecule has 2 amide bonds. The van der Waals surface area contributed by atoms with Crippen molar-refractivity contribution in [2.24, 2.45) is 5.92 Å². The summed E-state index contributed by atoms with van der Waals surface area (Å²) in [5, 5.41) is 0. The molecule has 0 spiro atoms. The number of amides is 2. The van der Waals surface area contributed by atoms with E-state index in [9.17, 15) is 18.4 Å². The minimum atomic E-state index is -0.721. The van der Waals surface area contributed by atoms with Crippen LogP contribution in [0.2, 0.25) is 0 Å². The lowest BCUT2D eigenvalue weighted by Gasteiger charge is -2.22. The Morgan fingerprint density at radius 1 is 1.00 bits per heavy atom. The van der Waals surface area contributed by atoms with Gasteiger partial charge in [-0.15, -0.1) is 0 Å². The summed E-state index contributed by atoms with van der Waals surface area (Å²) >= 11 is 0. The van der Waals surface area contributed by atoms with Crippen LogP contribution in [0.3, 0.4) is 0 Å². The lowest BCUT2D eigenvalue weighted by atomic mass is 10.1. The van der Waals surface area contributed by atoms with Gasteiger partial charge < -0.3 is 9.80 Å². The lowest BCUT2D eigenvalue weighted by Crippen LogP contribution is -2.38. The molecule has 0 atom stereocenters. The fraction of sp³-hybridized carbons (Fsp3) is 0.500. The largest absolute Gasteiger partial charge is 0.341 e. The van der Waals surface area contributed by atoms with E-state index in [2.05, 4.69) is 0 Å². The molecule has 0 N–H and O–H groups in total. The molecule has 3 rings (SSSR count). The number of hydrogen-bond acceptors (Lipinski definition) is 2. The van der Waals surface area contributed by atoms with Crippen molar-refractivity contribution in [2.45, 2.75) is 19.3 Å². The average molecular weight is 308 g/mol.